The zero-order valence-electron chi connectivity index (χ0n) is 16.4. The topological polar surface area (TPSA) is 54.5 Å². The van der Waals surface area contributed by atoms with Crippen LogP contribution < -0.4 is 4.31 Å². The Morgan fingerprint density at radius 1 is 0.636 bits per heavy atom. The molecule has 4 aromatic rings. The molecular weight excluding hydrogens is 465 g/mol. The summed E-state index contributed by atoms with van der Waals surface area (Å²) in [5.41, 5.74) is -2.25. The number of hydrogen-bond acceptors (Lipinski definition) is 3. The van der Waals surface area contributed by atoms with Crippen LogP contribution in [0.15, 0.2) is 77.7 Å². The second kappa shape index (κ2) is 8.28. The zero-order chi connectivity index (χ0) is 23.9. The van der Waals surface area contributed by atoms with Crippen LogP contribution >= 0.6 is 0 Å². The normalized spacial score (nSPS) is 11.5. The van der Waals surface area contributed by atoms with Crippen molar-refractivity contribution in [3.63, 3.8) is 0 Å². The van der Waals surface area contributed by atoms with Gasteiger partial charge in [-0.3, -0.25) is 4.79 Å². The fourth-order valence-corrected chi connectivity index (χ4v) is 4.68. The molecule has 0 unspecified atom stereocenters. The molecule has 33 heavy (non-hydrogen) atoms. The van der Waals surface area contributed by atoms with Crippen molar-refractivity contribution in [3.8, 4) is 0 Å². The van der Waals surface area contributed by atoms with E-state index in [1.807, 2.05) is 0 Å². The van der Waals surface area contributed by atoms with Gasteiger partial charge in [-0.25, -0.2) is 30.4 Å². The van der Waals surface area contributed by atoms with Crippen molar-refractivity contribution in [2.45, 2.75) is 4.90 Å². The number of halogens is 5. The zero-order valence-corrected chi connectivity index (χ0v) is 17.2. The molecule has 0 N–H and O–H groups in total. The first-order valence-corrected chi connectivity index (χ1v) is 10.7. The quantitative estimate of drug-likeness (QED) is 0.219. The highest BCUT2D eigenvalue weighted by Gasteiger charge is 2.39. The van der Waals surface area contributed by atoms with Crippen LogP contribution in [0.25, 0.3) is 10.8 Å². The maximum atomic E-state index is 14.6. The average Bonchev–Trinajstić information content (AvgIpc) is 2.83. The number of rotatable bonds is 4. The Bertz CT molecular complexity index is 1480. The summed E-state index contributed by atoms with van der Waals surface area (Å²) in [7, 11) is -5.14. The standard InChI is InChI=1S/C23H12F5NO3S/c24-17-18(25)20(27)22(21(28)19(17)26)29(23(30)14-7-2-1-3-8-14)33(31,32)16-11-10-13-6-4-5-9-15(13)12-16/h1-12H. The molecule has 4 rings (SSSR count). The van der Waals surface area contributed by atoms with Gasteiger partial charge in [0.2, 0.25) is 5.82 Å². The first-order chi connectivity index (χ1) is 15.6. The summed E-state index contributed by atoms with van der Waals surface area (Å²) < 4.78 is 97.2. The van der Waals surface area contributed by atoms with Crippen LogP contribution in [-0.4, -0.2) is 14.3 Å². The van der Waals surface area contributed by atoms with Gasteiger partial charge >= 0.3 is 0 Å². The third kappa shape index (κ3) is 3.72. The summed E-state index contributed by atoms with van der Waals surface area (Å²) in [4.78, 5) is 12.5. The van der Waals surface area contributed by atoms with Crippen LogP contribution in [0.3, 0.4) is 0 Å². The molecule has 0 spiro atoms. The van der Waals surface area contributed by atoms with Gasteiger partial charge in [0, 0.05) is 5.56 Å². The van der Waals surface area contributed by atoms with E-state index in [2.05, 4.69) is 0 Å². The van der Waals surface area contributed by atoms with E-state index in [9.17, 15) is 35.2 Å². The molecule has 0 heterocycles. The fraction of sp³-hybridized carbons (Fsp3) is 0. The molecule has 0 radical (unpaired) electrons. The van der Waals surface area contributed by atoms with Crippen LogP contribution in [-0.2, 0) is 10.0 Å². The molecule has 0 aliphatic rings. The van der Waals surface area contributed by atoms with E-state index in [0.717, 1.165) is 24.3 Å². The van der Waals surface area contributed by atoms with Gasteiger partial charge in [0.25, 0.3) is 15.9 Å². The lowest BCUT2D eigenvalue weighted by Gasteiger charge is -2.24. The Kier molecular flexibility index (Phi) is 5.62. The molecule has 1 amide bonds. The lowest BCUT2D eigenvalue weighted by Crippen LogP contribution is -2.39. The van der Waals surface area contributed by atoms with Crippen molar-refractivity contribution in [2.24, 2.45) is 0 Å². The minimum absolute atomic E-state index is 0.356. The highest BCUT2D eigenvalue weighted by Crippen LogP contribution is 2.35. The van der Waals surface area contributed by atoms with Gasteiger partial charge in [-0.1, -0.05) is 48.5 Å². The molecule has 0 atom stereocenters. The molecule has 0 aliphatic carbocycles. The van der Waals surface area contributed by atoms with Gasteiger partial charge < -0.3 is 0 Å². The number of nitrogens with zero attached hydrogens (tertiary/aromatic N) is 1. The Morgan fingerprint density at radius 3 is 1.76 bits per heavy atom. The minimum atomic E-state index is -5.14. The highest BCUT2D eigenvalue weighted by molar-refractivity contribution is 7.93. The fourth-order valence-electron chi connectivity index (χ4n) is 3.23. The maximum absolute atomic E-state index is 14.6. The Morgan fingerprint density at radius 2 is 1.15 bits per heavy atom. The van der Waals surface area contributed by atoms with E-state index in [0.29, 0.717) is 10.8 Å². The SMILES string of the molecule is O=C(c1ccccc1)N(c1c(F)c(F)c(F)c(F)c1F)S(=O)(=O)c1ccc2ccccc2c1. The lowest BCUT2D eigenvalue weighted by molar-refractivity contribution is 0.100. The van der Waals surface area contributed by atoms with Crippen LogP contribution in [0.1, 0.15) is 10.4 Å². The highest BCUT2D eigenvalue weighted by atomic mass is 32.2. The molecule has 0 saturated carbocycles. The molecule has 0 bridgehead atoms. The van der Waals surface area contributed by atoms with E-state index in [4.69, 9.17) is 0 Å². The van der Waals surface area contributed by atoms with Crippen LogP contribution in [0.2, 0.25) is 0 Å². The Hall–Kier alpha value is -3.79. The van der Waals surface area contributed by atoms with Gasteiger partial charge in [-0.05, 0) is 35.0 Å². The molecule has 10 heteroatoms. The largest absolute Gasteiger partial charge is 0.272 e. The van der Waals surface area contributed by atoms with Crippen molar-refractivity contribution >= 4 is 32.4 Å². The molecule has 0 fully saturated rings. The van der Waals surface area contributed by atoms with Crippen molar-refractivity contribution in [2.75, 3.05) is 4.31 Å². The first kappa shape index (κ1) is 22.4. The molecule has 0 aliphatic heterocycles. The van der Waals surface area contributed by atoms with E-state index < -0.39 is 59.9 Å². The van der Waals surface area contributed by atoms with Gasteiger partial charge in [-0.2, -0.15) is 4.31 Å². The van der Waals surface area contributed by atoms with Crippen LogP contribution in [0.4, 0.5) is 27.6 Å². The first-order valence-electron chi connectivity index (χ1n) is 9.29. The number of anilines is 1. The Labute approximate surface area is 184 Å². The van der Waals surface area contributed by atoms with Crippen molar-refractivity contribution in [1.29, 1.82) is 0 Å². The lowest BCUT2D eigenvalue weighted by atomic mass is 10.1. The van der Waals surface area contributed by atoms with E-state index in [-0.39, 0.29) is 5.56 Å². The monoisotopic (exact) mass is 477 g/mol. The summed E-state index contributed by atoms with van der Waals surface area (Å²) >= 11 is 0. The smallest absolute Gasteiger partial charge is 0.268 e. The summed E-state index contributed by atoms with van der Waals surface area (Å²) in [5, 5.41) is 1.02. The summed E-state index contributed by atoms with van der Waals surface area (Å²) in [6.45, 7) is 0. The van der Waals surface area contributed by atoms with Crippen LogP contribution in [0.5, 0.6) is 0 Å². The van der Waals surface area contributed by atoms with Gasteiger partial charge in [0.15, 0.2) is 23.3 Å². The summed E-state index contributed by atoms with van der Waals surface area (Å²) in [6, 6.07) is 16.5. The number of fused-ring (bicyclic) bond motifs is 1. The van der Waals surface area contributed by atoms with Crippen LogP contribution in [0, 0.1) is 29.1 Å². The number of amides is 1. The molecule has 168 valence electrons. The number of benzene rings is 4. The van der Waals surface area contributed by atoms with Gasteiger partial charge in [0.05, 0.1) is 4.90 Å². The van der Waals surface area contributed by atoms with Gasteiger partial charge in [0.1, 0.15) is 5.69 Å². The number of sulfonamides is 1. The van der Waals surface area contributed by atoms with Crippen molar-refractivity contribution < 1.29 is 35.2 Å². The predicted octanol–water partition coefficient (Wildman–Crippen LogP) is 5.57. The van der Waals surface area contributed by atoms with Crippen molar-refractivity contribution in [1.82, 2.24) is 0 Å². The second-order valence-corrected chi connectivity index (χ2v) is 8.65. The van der Waals surface area contributed by atoms with Crippen molar-refractivity contribution in [3.05, 3.63) is 107 Å². The third-order valence-corrected chi connectivity index (χ3v) is 6.53. The van der Waals surface area contributed by atoms with E-state index >= 15 is 0 Å². The predicted molar refractivity (Wildman–Crippen MR) is 111 cm³/mol. The number of carbonyl (C=O) groups is 1. The molecule has 0 aromatic heterocycles. The molecular formula is C23H12F5NO3S. The maximum Gasteiger partial charge on any atom is 0.272 e. The average molecular weight is 477 g/mol. The van der Waals surface area contributed by atoms with E-state index in [1.165, 1.54) is 24.3 Å². The summed E-state index contributed by atoms with van der Waals surface area (Å²) in [6.07, 6.45) is 0. The molecule has 4 nitrogen and oxygen atoms in total. The number of carbonyl (C=O) groups excluding carboxylic acids is 1. The number of hydrogen-bond donors (Lipinski definition) is 0. The summed E-state index contributed by atoms with van der Waals surface area (Å²) in [5.74, 6) is -13.7. The molecule has 4 aromatic carbocycles. The van der Waals surface area contributed by atoms with E-state index in [1.54, 1.807) is 24.3 Å². The minimum Gasteiger partial charge on any atom is -0.268 e. The molecule has 0 saturated heterocycles. The second-order valence-electron chi connectivity index (χ2n) is 6.87. The van der Waals surface area contributed by atoms with Gasteiger partial charge in [-0.15, -0.1) is 0 Å². The Balaban J connectivity index is 2.02. The third-order valence-electron chi connectivity index (χ3n) is 4.85.